The predicted molar refractivity (Wildman–Crippen MR) is 79.5 cm³/mol. The van der Waals surface area contributed by atoms with E-state index in [0.29, 0.717) is 18.3 Å². The first-order chi connectivity index (χ1) is 10.8. The molecular weight excluding hydrogens is 285 g/mol. The number of rotatable bonds is 6. The van der Waals surface area contributed by atoms with Crippen molar-refractivity contribution in [2.24, 2.45) is 0 Å². The fourth-order valence-corrected chi connectivity index (χ4v) is 2.10. The van der Waals surface area contributed by atoms with Gasteiger partial charge in [-0.2, -0.15) is 0 Å². The van der Waals surface area contributed by atoms with Crippen LogP contribution in [-0.4, -0.2) is 20.2 Å². The van der Waals surface area contributed by atoms with E-state index in [1.807, 2.05) is 12.1 Å². The summed E-state index contributed by atoms with van der Waals surface area (Å²) in [5.74, 6) is 1.80. The Bertz CT molecular complexity index is 734. The number of benzene rings is 1. The standard InChI is InChI=1S/C15H16FN5O/c1-2-9-21-15(18-19-20-21)17-10-13-7-8-14(22-13)11-3-5-12(16)6-4-11/h3-8H,2,9-10H2,1H3,(H,17,18,20). The molecule has 0 aliphatic heterocycles. The lowest BCUT2D eigenvalue weighted by molar-refractivity contribution is 0.528. The highest BCUT2D eigenvalue weighted by molar-refractivity contribution is 5.57. The molecular formula is C15H16FN5O. The quantitative estimate of drug-likeness (QED) is 0.757. The molecule has 3 rings (SSSR count). The van der Waals surface area contributed by atoms with Crippen LogP contribution >= 0.6 is 0 Å². The van der Waals surface area contributed by atoms with Gasteiger partial charge in [0.05, 0.1) is 6.54 Å². The normalized spacial score (nSPS) is 10.8. The Kier molecular flexibility index (Phi) is 4.13. The first-order valence-corrected chi connectivity index (χ1v) is 7.11. The number of aryl methyl sites for hydroxylation is 1. The first-order valence-electron chi connectivity index (χ1n) is 7.11. The number of halogens is 1. The average molecular weight is 301 g/mol. The summed E-state index contributed by atoms with van der Waals surface area (Å²) in [7, 11) is 0. The molecule has 0 saturated heterocycles. The van der Waals surface area contributed by atoms with Crippen molar-refractivity contribution >= 4 is 5.95 Å². The molecule has 0 atom stereocenters. The Morgan fingerprint density at radius 2 is 2.00 bits per heavy atom. The van der Waals surface area contributed by atoms with Crippen molar-refractivity contribution in [1.82, 2.24) is 20.2 Å². The van der Waals surface area contributed by atoms with Crippen molar-refractivity contribution in [3.8, 4) is 11.3 Å². The average Bonchev–Trinajstić information content (AvgIpc) is 3.16. The van der Waals surface area contributed by atoms with Crippen LogP contribution in [0.1, 0.15) is 19.1 Å². The Balaban J connectivity index is 1.67. The van der Waals surface area contributed by atoms with Crippen molar-refractivity contribution < 1.29 is 8.81 Å². The van der Waals surface area contributed by atoms with Gasteiger partial charge in [0.25, 0.3) is 0 Å². The molecule has 2 heterocycles. The molecule has 3 aromatic rings. The summed E-state index contributed by atoms with van der Waals surface area (Å²) in [4.78, 5) is 0. The van der Waals surface area contributed by atoms with E-state index in [2.05, 4.69) is 27.8 Å². The molecule has 0 aliphatic carbocycles. The lowest BCUT2D eigenvalue weighted by Crippen LogP contribution is -2.08. The van der Waals surface area contributed by atoms with E-state index in [0.717, 1.165) is 24.3 Å². The smallest absolute Gasteiger partial charge is 0.243 e. The first kappa shape index (κ1) is 14.2. The van der Waals surface area contributed by atoms with Crippen molar-refractivity contribution in [1.29, 1.82) is 0 Å². The predicted octanol–water partition coefficient (Wildman–Crippen LogP) is 3.09. The summed E-state index contributed by atoms with van der Waals surface area (Å²) in [6.45, 7) is 3.30. The van der Waals surface area contributed by atoms with Gasteiger partial charge in [-0.1, -0.05) is 12.0 Å². The van der Waals surface area contributed by atoms with Crippen LogP contribution < -0.4 is 5.32 Å². The molecule has 1 N–H and O–H groups in total. The summed E-state index contributed by atoms with van der Waals surface area (Å²) >= 11 is 0. The third-order valence-corrected chi connectivity index (χ3v) is 3.18. The maximum Gasteiger partial charge on any atom is 0.243 e. The van der Waals surface area contributed by atoms with E-state index in [1.165, 1.54) is 12.1 Å². The number of anilines is 1. The van der Waals surface area contributed by atoms with Gasteiger partial charge in [0.15, 0.2) is 0 Å². The molecule has 0 spiro atoms. The molecule has 0 amide bonds. The van der Waals surface area contributed by atoms with Crippen LogP contribution in [0.3, 0.4) is 0 Å². The molecule has 0 unspecified atom stereocenters. The minimum Gasteiger partial charge on any atom is -0.459 e. The highest BCUT2D eigenvalue weighted by Crippen LogP contribution is 2.22. The number of tetrazole rings is 1. The molecule has 0 radical (unpaired) electrons. The van der Waals surface area contributed by atoms with Gasteiger partial charge in [0.1, 0.15) is 17.3 Å². The molecule has 22 heavy (non-hydrogen) atoms. The second-order valence-electron chi connectivity index (χ2n) is 4.85. The number of aromatic nitrogens is 4. The number of hydrogen-bond donors (Lipinski definition) is 1. The SMILES string of the molecule is CCCn1nnnc1NCc1ccc(-c2ccc(F)cc2)o1. The maximum atomic E-state index is 12.9. The summed E-state index contributed by atoms with van der Waals surface area (Å²) in [6, 6.07) is 9.93. The van der Waals surface area contributed by atoms with Gasteiger partial charge in [0, 0.05) is 12.1 Å². The minimum absolute atomic E-state index is 0.264. The highest BCUT2D eigenvalue weighted by atomic mass is 19.1. The molecule has 114 valence electrons. The van der Waals surface area contributed by atoms with Gasteiger partial charge in [-0.05, 0) is 53.2 Å². The van der Waals surface area contributed by atoms with Crippen molar-refractivity contribution in [2.45, 2.75) is 26.4 Å². The maximum absolute atomic E-state index is 12.9. The van der Waals surface area contributed by atoms with Gasteiger partial charge < -0.3 is 9.73 Å². The zero-order chi connectivity index (χ0) is 15.4. The molecule has 1 aromatic carbocycles. The Morgan fingerprint density at radius 1 is 1.18 bits per heavy atom. The fraction of sp³-hybridized carbons (Fsp3) is 0.267. The molecule has 2 aromatic heterocycles. The summed E-state index contributed by atoms with van der Waals surface area (Å²) in [5.41, 5.74) is 0.837. The third kappa shape index (κ3) is 3.13. The van der Waals surface area contributed by atoms with Crippen molar-refractivity contribution in [2.75, 3.05) is 5.32 Å². The van der Waals surface area contributed by atoms with Crippen LogP contribution in [0.5, 0.6) is 0 Å². The molecule has 0 aliphatic rings. The van der Waals surface area contributed by atoms with E-state index in [-0.39, 0.29) is 5.82 Å². The van der Waals surface area contributed by atoms with Gasteiger partial charge in [-0.25, -0.2) is 9.07 Å². The van der Waals surface area contributed by atoms with Gasteiger partial charge in [-0.3, -0.25) is 0 Å². The topological polar surface area (TPSA) is 68.8 Å². The van der Waals surface area contributed by atoms with Gasteiger partial charge >= 0.3 is 0 Å². The Hall–Kier alpha value is -2.70. The second kappa shape index (κ2) is 6.38. The van der Waals surface area contributed by atoms with Gasteiger partial charge in [-0.15, -0.1) is 0 Å². The van der Waals surface area contributed by atoms with Crippen LogP contribution in [0.25, 0.3) is 11.3 Å². The largest absolute Gasteiger partial charge is 0.459 e. The fourth-order valence-electron chi connectivity index (χ4n) is 2.10. The molecule has 6 nitrogen and oxygen atoms in total. The van der Waals surface area contributed by atoms with E-state index < -0.39 is 0 Å². The van der Waals surface area contributed by atoms with E-state index in [1.54, 1.807) is 16.8 Å². The zero-order valence-electron chi connectivity index (χ0n) is 12.2. The summed E-state index contributed by atoms with van der Waals surface area (Å²) < 4.78 is 20.4. The van der Waals surface area contributed by atoms with Crippen molar-refractivity contribution in [3.63, 3.8) is 0 Å². The molecule has 7 heteroatoms. The number of nitrogens with zero attached hydrogens (tertiary/aromatic N) is 4. The lowest BCUT2D eigenvalue weighted by atomic mass is 10.2. The van der Waals surface area contributed by atoms with Crippen molar-refractivity contribution in [3.05, 3.63) is 48.0 Å². The van der Waals surface area contributed by atoms with Crippen LogP contribution in [0.15, 0.2) is 40.8 Å². The Morgan fingerprint density at radius 3 is 2.77 bits per heavy atom. The monoisotopic (exact) mass is 301 g/mol. The van der Waals surface area contributed by atoms with E-state index in [4.69, 9.17) is 4.42 Å². The van der Waals surface area contributed by atoms with Crippen LogP contribution in [0.2, 0.25) is 0 Å². The Labute approximate surface area is 126 Å². The van der Waals surface area contributed by atoms with Crippen LogP contribution in [-0.2, 0) is 13.1 Å². The molecule has 0 bridgehead atoms. The summed E-state index contributed by atoms with van der Waals surface area (Å²) in [5, 5.41) is 14.6. The summed E-state index contributed by atoms with van der Waals surface area (Å²) in [6.07, 6.45) is 0.954. The second-order valence-corrected chi connectivity index (χ2v) is 4.85. The third-order valence-electron chi connectivity index (χ3n) is 3.18. The van der Waals surface area contributed by atoms with Crippen LogP contribution in [0, 0.1) is 5.82 Å². The van der Waals surface area contributed by atoms with Crippen LogP contribution in [0.4, 0.5) is 10.3 Å². The van der Waals surface area contributed by atoms with E-state index in [9.17, 15) is 4.39 Å². The number of furan rings is 1. The number of nitrogens with one attached hydrogen (secondary N) is 1. The molecule has 0 saturated carbocycles. The minimum atomic E-state index is -0.264. The zero-order valence-corrected chi connectivity index (χ0v) is 12.2. The lowest BCUT2D eigenvalue weighted by Gasteiger charge is -2.04. The van der Waals surface area contributed by atoms with E-state index >= 15 is 0 Å². The van der Waals surface area contributed by atoms with Gasteiger partial charge in [0.2, 0.25) is 5.95 Å². The molecule has 0 fully saturated rings. The highest BCUT2D eigenvalue weighted by Gasteiger charge is 2.08. The number of hydrogen-bond acceptors (Lipinski definition) is 5.